The maximum Gasteiger partial charge on any atom is 0.322 e. The van der Waals surface area contributed by atoms with Crippen molar-refractivity contribution in [3.8, 4) is 0 Å². The molecule has 22 heavy (non-hydrogen) atoms. The van der Waals surface area contributed by atoms with Crippen LogP contribution in [0.1, 0.15) is 30.0 Å². The summed E-state index contributed by atoms with van der Waals surface area (Å²) in [6, 6.07) is 14.1. The van der Waals surface area contributed by atoms with Crippen LogP contribution in [0, 0.1) is 12.7 Å². The largest absolute Gasteiger partial charge is 0.322 e. The van der Waals surface area contributed by atoms with Gasteiger partial charge < -0.3 is 10.2 Å². The first-order chi connectivity index (χ1) is 10.6. The van der Waals surface area contributed by atoms with Crippen LogP contribution in [-0.4, -0.2) is 17.5 Å². The van der Waals surface area contributed by atoms with E-state index in [1.165, 1.54) is 12.1 Å². The number of urea groups is 1. The Balaban J connectivity index is 1.73. The van der Waals surface area contributed by atoms with Gasteiger partial charge in [0.2, 0.25) is 0 Å². The van der Waals surface area contributed by atoms with Gasteiger partial charge in [-0.25, -0.2) is 9.18 Å². The van der Waals surface area contributed by atoms with Crippen LogP contribution < -0.4 is 5.32 Å². The van der Waals surface area contributed by atoms with Crippen LogP contribution in [0.3, 0.4) is 0 Å². The Kier molecular flexibility index (Phi) is 4.09. The quantitative estimate of drug-likeness (QED) is 0.869. The van der Waals surface area contributed by atoms with Gasteiger partial charge in [0.25, 0.3) is 0 Å². The number of hydrogen-bond donors (Lipinski definition) is 1. The van der Waals surface area contributed by atoms with Crippen LogP contribution in [0.15, 0.2) is 48.5 Å². The molecule has 1 atom stereocenters. The lowest BCUT2D eigenvalue weighted by molar-refractivity contribution is 0.207. The average molecular weight is 298 g/mol. The summed E-state index contributed by atoms with van der Waals surface area (Å²) < 4.78 is 13.1. The third kappa shape index (κ3) is 3.11. The number of likely N-dealkylation sites (tertiary alicyclic amines) is 1. The van der Waals surface area contributed by atoms with E-state index in [9.17, 15) is 9.18 Å². The molecule has 0 aromatic heterocycles. The molecule has 1 N–H and O–H groups in total. The van der Waals surface area contributed by atoms with Gasteiger partial charge in [-0.1, -0.05) is 29.8 Å². The number of halogens is 1. The molecular weight excluding hydrogens is 279 g/mol. The summed E-state index contributed by atoms with van der Waals surface area (Å²) in [4.78, 5) is 14.3. The summed E-state index contributed by atoms with van der Waals surface area (Å²) >= 11 is 0. The molecule has 0 unspecified atom stereocenters. The van der Waals surface area contributed by atoms with Gasteiger partial charge in [-0.2, -0.15) is 0 Å². The van der Waals surface area contributed by atoms with Crippen LogP contribution in [0.2, 0.25) is 0 Å². The molecule has 3 nitrogen and oxygen atoms in total. The van der Waals surface area contributed by atoms with Crippen LogP contribution in [0.5, 0.6) is 0 Å². The van der Waals surface area contributed by atoms with Gasteiger partial charge >= 0.3 is 6.03 Å². The minimum atomic E-state index is -0.252. The van der Waals surface area contributed by atoms with E-state index in [1.807, 2.05) is 36.1 Å². The highest BCUT2D eigenvalue weighted by Gasteiger charge is 2.29. The molecule has 0 bridgehead atoms. The van der Waals surface area contributed by atoms with Gasteiger partial charge in [0, 0.05) is 12.2 Å². The molecule has 114 valence electrons. The molecule has 2 aromatic rings. The number of anilines is 1. The van der Waals surface area contributed by atoms with Crippen molar-refractivity contribution < 1.29 is 9.18 Å². The highest BCUT2D eigenvalue weighted by atomic mass is 19.1. The minimum absolute atomic E-state index is 0.0195. The predicted octanol–water partition coefficient (Wildman–Crippen LogP) is 4.50. The lowest BCUT2D eigenvalue weighted by atomic mass is 10.0. The second-order valence-electron chi connectivity index (χ2n) is 5.70. The maximum atomic E-state index is 13.1. The Morgan fingerprint density at radius 2 is 1.82 bits per heavy atom. The van der Waals surface area contributed by atoms with E-state index >= 15 is 0 Å². The van der Waals surface area contributed by atoms with Crippen molar-refractivity contribution in [3.63, 3.8) is 0 Å². The normalized spacial score (nSPS) is 17.5. The summed E-state index contributed by atoms with van der Waals surface area (Å²) in [6.45, 7) is 2.73. The van der Waals surface area contributed by atoms with Gasteiger partial charge in [0.05, 0.1) is 6.04 Å². The Bertz CT molecular complexity index is 652. The van der Waals surface area contributed by atoms with Gasteiger partial charge in [0.15, 0.2) is 0 Å². The zero-order valence-electron chi connectivity index (χ0n) is 12.6. The predicted molar refractivity (Wildman–Crippen MR) is 85.3 cm³/mol. The van der Waals surface area contributed by atoms with Crippen molar-refractivity contribution in [2.24, 2.45) is 0 Å². The lowest BCUT2D eigenvalue weighted by Gasteiger charge is -2.25. The number of rotatable bonds is 2. The molecular formula is C18H19FN2O. The molecule has 2 amide bonds. The highest BCUT2D eigenvalue weighted by molar-refractivity contribution is 5.89. The zero-order valence-corrected chi connectivity index (χ0v) is 12.6. The maximum absolute atomic E-state index is 13.1. The molecule has 3 rings (SSSR count). The number of aryl methyl sites for hydroxylation is 1. The van der Waals surface area contributed by atoms with Crippen LogP contribution in [0.25, 0.3) is 0 Å². The molecule has 2 aromatic carbocycles. The standard InChI is InChI=1S/C18H19FN2O/c1-13-4-10-16(11-5-13)20-18(22)21-12-2-3-17(21)14-6-8-15(19)9-7-14/h4-11,17H,2-3,12H2,1H3,(H,20,22)/t17-/m0/s1. The second kappa shape index (κ2) is 6.18. The number of carbonyl (C=O) groups is 1. The number of nitrogens with one attached hydrogen (secondary N) is 1. The Morgan fingerprint density at radius 1 is 1.14 bits per heavy atom. The van der Waals surface area contributed by atoms with E-state index < -0.39 is 0 Å². The Hall–Kier alpha value is -2.36. The summed E-state index contributed by atoms with van der Waals surface area (Å²) in [5.41, 5.74) is 2.93. The van der Waals surface area contributed by atoms with Gasteiger partial charge in [-0.3, -0.25) is 0 Å². The van der Waals surface area contributed by atoms with Gasteiger partial charge in [-0.15, -0.1) is 0 Å². The fourth-order valence-corrected chi connectivity index (χ4v) is 2.87. The van der Waals surface area contributed by atoms with E-state index in [-0.39, 0.29) is 17.9 Å². The zero-order chi connectivity index (χ0) is 15.5. The van der Waals surface area contributed by atoms with Crippen LogP contribution in [0.4, 0.5) is 14.9 Å². The number of benzene rings is 2. The molecule has 1 aliphatic rings. The first-order valence-corrected chi connectivity index (χ1v) is 7.53. The molecule has 1 aliphatic heterocycles. The first kappa shape index (κ1) is 14.6. The Morgan fingerprint density at radius 3 is 2.50 bits per heavy atom. The summed E-state index contributed by atoms with van der Waals surface area (Å²) in [5, 5.41) is 2.94. The molecule has 4 heteroatoms. The summed E-state index contributed by atoms with van der Waals surface area (Å²) in [5.74, 6) is -0.252. The number of carbonyl (C=O) groups excluding carboxylic acids is 1. The number of amides is 2. The Labute approximate surface area is 129 Å². The van der Waals surface area contributed by atoms with Crippen molar-refractivity contribution in [2.75, 3.05) is 11.9 Å². The van der Waals surface area contributed by atoms with Crippen LogP contribution >= 0.6 is 0 Å². The molecule has 0 radical (unpaired) electrons. The molecule has 0 aliphatic carbocycles. The minimum Gasteiger partial charge on any atom is -0.317 e. The van der Waals surface area contributed by atoms with E-state index in [0.717, 1.165) is 36.2 Å². The first-order valence-electron chi connectivity index (χ1n) is 7.53. The third-order valence-corrected chi connectivity index (χ3v) is 4.07. The van der Waals surface area contributed by atoms with Crippen LogP contribution in [-0.2, 0) is 0 Å². The van der Waals surface area contributed by atoms with E-state index in [1.54, 1.807) is 12.1 Å². The number of hydrogen-bond acceptors (Lipinski definition) is 1. The molecule has 1 heterocycles. The highest BCUT2D eigenvalue weighted by Crippen LogP contribution is 2.32. The van der Waals surface area contributed by atoms with Crippen molar-refractivity contribution in [2.45, 2.75) is 25.8 Å². The smallest absolute Gasteiger partial charge is 0.317 e. The monoisotopic (exact) mass is 298 g/mol. The fourth-order valence-electron chi connectivity index (χ4n) is 2.87. The molecule has 1 fully saturated rings. The van der Waals surface area contributed by atoms with Crippen molar-refractivity contribution in [1.82, 2.24) is 4.90 Å². The van der Waals surface area contributed by atoms with Crippen molar-refractivity contribution in [1.29, 1.82) is 0 Å². The molecule has 0 saturated carbocycles. The van der Waals surface area contributed by atoms with E-state index in [2.05, 4.69) is 5.32 Å². The van der Waals surface area contributed by atoms with Crippen molar-refractivity contribution >= 4 is 11.7 Å². The lowest BCUT2D eigenvalue weighted by Crippen LogP contribution is -2.34. The fraction of sp³-hybridized carbons (Fsp3) is 0.278. The second-order valence-corrected chi connectivity index (χ2v) is 5.70. The van der Waals surface area contributed by atoms with Gasteiger partial charge in [-0.05, 0) is 49.6 Å². The third-order valence-electron chi connectivity index (χ3n) is 4.07. The van der Waals surface area contributed by atoms with E-state index in [0.29, 0.717) is 0 Å². The van der Waals surface area contributed by atoms with E-state index in [4.69, 9.17) is 0 Å². The SMILES string of the molecule is Cc1ccc(NC(=O)N2CCC[C@H]2c2ccc(F)cc2)cc1. The summed E-state index contributed by atoms with van der Waals surface area (Å²) in [6.07, 6.45) is 1.87. The number of nitrogens with zero attached hydrogens (tertiary/aromatic N) is 1. The molecule has 0 spiro atoms. The van der Waals surface area contributed by atoms with Gasteiger partial charge in [0.1, 0.15) is 5.82 Å². The topological polar surface area (TPSA) is 32.3 Å². The molecule has 1 saturated heterocycles. The van der Waals surface area contributed by atoms with Crippen molar-refractivity contribution in [3.05, 3.63) is 65.5 Å². The summed E-state index contributed by atoms with van der Waals surface area (Å²) in [7, 11) is 0. The average Bonchev–Trinajstić information content (AvgIpc) is 3.00.